The van der Waals surface area contributed by atoms with E-state index in [1.54, 1.807) is 18.4 Å². The van der Waals surface area contributed by atoms with Gasteiger partial charge in [-0.2, -0.15) is 0 Å². The molecule has 0 atom stereocenters. The van der Waals surface area contributed by atoms with Gasteiger partial charge in [0.05, 0.1) is 4.34 Å². The highest BCUT2D eigenvalue weighted by atomic mass is 35.5. The second kappa shape index (κ2) is 7.23. The number of rotatable bonds is 7. The summed E-state index contributed by atoms with van der Waals surface area (Å²) in [7, 11) is 1.73. The van der Waals surface area contributed by atoms with Crippen molar-refractivity contribution in [3.8, 4) is 0 Å². The largest absolute Gasteiger partial charge is 0.385 e. The average Bonchev–Trinajstić information content (AvgIpc) is 2.58. The summed E-state index contributed by atoms with van der Waals surface area (Å²) in [6, 6.07) is 4.04. The molecule has 0 aromatic carbocycles. The minimum Gasteiger partial charge on any atom is -0.385 e. The molecule has 1 aromatic heterocycles. The first-order chi connectivity index (χ1) is 6.83. The molecule has 0 bridgehead atoms. The first kappa shape index (κ1) is 12.0. The quantitative estimate of drug-likeness (QED) is 0.731. The maximum absolute atomic E-state index is 5.82. The fraction of sp³-hybridized carbons (Fsp3) is 0.600. The van der Waals surface area contributed by atoms with Crippen molar-refractivity contribution in [3.05, 3.63) is 21.3 Å². The van der Waals surface area contributed by atoms with Crippen LogP contribution >= 0.6 is 22.9 Å². The molecule has 1 heterocycles. The number of thiophene rings is 1. The van der Waals surface area contributed by atoms with Crippen LogP contribution < -0.4 is 5.32 Å². The lowest BCUT2D eigenvalue weighted by Crippen LogP contribution is -2.19. The van der Waals surface area contributed by atoms with Crippen molar-refractivity contribution in [2.75, 3.05) is 26.8 Å². The molecule has 0 aliphatic heterocycles. The number of methoxy groups -OCH3 is 1. The Morgan fingerprint density at radius 3 is 2.93 bits per heavy atom. The molecule has 0 saturated carbocycles. The molecule has 0 amide bonds. The Morgan fingerprint density at radius 1 is 1.43 bits per heavy atom. The SMILES string of the molecule is COCCCNCCc1ccc(Cl)s1. The normalized spacial score (nSPS) is 10.7. The van der Waals surface area contributed by atoms with Gasteiger partial charge in [-0.1, -0.05) is 11.6 Å². The Morgan fingerprint density at radius 2 is 2.29 bits per heavy atom. The van der Waals surface area contributed by atoms with Crippen molar-refractivity contribution in [2.45, 2.75) is 12.8 Å². The molecule has 0 aliphatic rings. The molecule has 0 unspecified atom stereocenters. The zero-order chi connectivity index (χ0) is 10.2. The summed E-state index contributed by atoms with van der Waals surface area (Å²) in [6.45, 7) is 2.87. The van der Waals surface area contributed by atoms with E-state index < -0.39 is 0 Å². The van der Waals surface area contributed by atoms with Crippen molar-refractivity contribution in [3.63, 3.8) is 0 Å². The van der Waals surface area contributed by atoms with Gasteiger partial charge in [-0.3, -0.25) is 0 Å². The zero-order valence-corrected chi connectivity index (χ0v) is 9.96. The predicted molar refractivity (Wildman–Crippen MR) is 62.4 cm³/mol. The number of ether oxygens (including phenoxy) is 1. The summed E-state index contributed by atoms with van der Waals surface area (Å²) in [5.74, 6) is 0. The smallest absolute Gasteiger partial charge is 0.0931 e. The Balaban J connectivity index is 1.99. The first-order valence-corrected chi connectivity index (χ1v) is 5.96. The fourth-order valence-electron chi connectivity index (χ4n) is 1.16. The highest BCUT2D eigenvalue weighted by Gasteiger charge is 1.96. The third-order valence-electron chi connectivity index (χ3n) is 1.88. The van der Waals surface area contributed by atoms with E-state index in [4.69, 9.17) is 16.3 Å². The molecule has 0 radical (unpaired) electrons. The predicted octanol–water partition coefficient (Wildman–Crippen LogP) is 2.57. The van der Waals surface area contributed by atoms with E-state index in [1.165, 1.54) is 4.88 Å². The number of halogens is 1. The van der Waals surface area contributed by atoms with Gasteiger partial charge in [0.1, 0.15) is 0 Å². The first-order valence-electron chi connectivity index (χ1n) is 4.77. The van der Waals surface area contributed by atoms with Gasteiger partial charge < -0.3 is 10.1 Å². The van der Waals surface area contributed by atoms with E-state index in [1.807, 2.05) is 6.07 Å². The van der Waals surface area contributed by atoms with Crippen molar-refractivity contribution in [1.29, 1.82) is 0 Å². The topological polar surface area (TPSA) is 21.3 Å². The Kier molecular flexibility index (Phi) is 6.19. The molecule has 0 aliphatic carbocycles. The van der Waals surface area contributed by atoms with Crippen LogP contribution in [-0.2, 0) is 11.2 Å². The van der Waals surface area contributed by atoms with Crippen molar-refractivity contribution < 1.29 is 4.74 Å². The number of hydrogen-bond donors (Lipinski definition) is 1. The summed E-state index contributed by atoms with van der Waals surface area (Å²) >= 11 is 7.48. The third-order valence-corrected chi connectivity index (χ3v) is 3.17. The Hall–Kier alpha value is -0.0900. The van der Waals surface area contributed by atoms with Gasteiger partial charge in [0.2, 0.25) is 0 Å². The Bertz CT molecular complexity index is 252. The van der Waals surface area contributed by atoms with Crippen LogP contribution in [0.5, 0.6) is 0 Å². The van der Waals surface area contributed by atoms with E-state index in [0.29, 0.717) is 0 Å². The van der Waals surface area contributed by atoms with Gasteiger partial charge in [0.15, 0.2) is 0 Å². The van der Waals surface area contributed by atoms with E-state index in [-0.39, 0.29) is 0 Å². The van der Waals surface area contributed by atoms with Crippen molar-refractivity contribution >= 4 is 22.9 Å². The summed E-state index contributed by atoms with van der Waals surface area (Å²) in [5, 5.41) is 3.36. The summed E-state index contributed by atoms with van der Waals surface area (Å²) in [5.41, 5.74) is 0. The summed E-state index contributed by atoms with van der Waals surface area (Å²) in [4.78, 5) is 1.34. The molecule has 2 nitrogen and oxygen atoms in total. The number of nitrogens with one attached hydrogen (secondary N) is 1. The van der Waals surface area contributed by atoms with Crippen LogP contribution in [0.4, 0.5) is 0 Å². The molecule has 4 heteroatoms. The average molecular weight is 234 g/mol. The lowest BCUT2D eigenvalue weighted by Gasteiger charge is -2.02. The molecule has 0 saturated heterocycles. The van der Waals surface area contributed by atoms with Crippen molar-refractivity contribution in [1.82, 2.24) is 5.32 Å². The van der Waals surface area contributed by atoms with E-state index >= 15 is 0 Å². The minimum atomic E-state index is 0.831. The van der Waals surface area contributed by atoms with Crippen LogP contribution in [0.15, 0.2) is 12.1 Å². The molecule has 14 heavy (non-hydrogen) atoms. The molecule has 1 N–H and O–H groups in total. The zero-order valence-electron chi connectivity index (χ0n) is 8.38. The molecule has 0 fully saturated rings. The van der Waals surface area contributed by atoms with Crippen LogP contribution in [0.25, 0.3) is 0 Å². The van der Waals surface area contributed by atoms with Crippen LogP contribution in [-0.4, -0.2) is 26.8 Å². The third kappa shape index (κ3) is 4.96. The monoisotopic (exact) mass is 233 g/mol. The van der Waals surface area contributed by atoms with Gasteiger partial charge in [-0.25, -0.2) is 0 Å². The second-order valence-corrected chi connectivity index (χ2v) is 4.85. The highest BCUT2D eigenvalue weighted by Crippen LogP contribution is 2.21. The summed E-state index contributed by atoms with van der Waals surface area (Å²) in [6.07, 6.45) is 2.13. The molecular weight excluding hydrogens is 218 g/mol. The van der Waals surface area contributed by atoms with Gasteiger partial charge in [-0.05, 0) is 38.1 Å². The number of hydrogen-bond acceptors (Lipinski definition) is 3. The summed E-state index contributed by atoms with van der Waals surface area (Å²) < 4.78 is 5.83. The lowest BCUT2D eigenvalue weighted by atomic mass is 10.3. The van der Waals surface area contributed by atoms with Gasteiger partial charge in [-0.15, -0.1) is 11.3 Å². The molecule has 0 spiro atoms. The van der Waals surface area contributed by atoms with E-state index in [0.717, 1.165) is 36.9 Å². The maximum Gasteiger partial charge on any atom is 0.0931 e. The lowest BCUT2D eigenvalue weighted by molar-refractivity contribution is 0.194. The Labute approximate surface area is 94.2 Å². The van der Waals surface area contributed by atoms with Crippen LogP contribution in [0, 0.1) is 0 Å². The molecule has 1 aromatic rings. The second-order valence-electron chi connectivity index (χ2n) is 3.05. The van der Waals surface area contributed by atoms with E-state index in [2.05, 4.69) is 11.4 Å². The highest BCUT2D eigenvalue weighted by molar-refractivity contribution is 7.16. The van der Waals surface area contributed by atoms with Gasteiger partial charge >= 0.3 is 0 Å². The molecule has 80 valence electrons. The standard InChI is InChI=1S/C10H16ClNOS/c1-13-8-2-6-12-7-5-9-3-4-10(11)14-9/h3-4,12H,2,5-8H2,1H3. The minimum absolute atomic E-state index is 0.831. The van der Waals surface area contributed by atoms with Crippen LogP contribution in [0.2, 0.25) is 4.34 Å². The maximum atomic E-state index is 5.82. The van der Waals surface area contributed by atoms with Gasteiger partial charge in [0, 0.05) is 18.6 Å². The van der Waals surface area contributed by atoms with Crippen molar-refractivity contribution in [2.24, 2.45) is 0 Å². The fourth-order valence-corrected chi connectivity index (χ4v) is 2.25. The molecule has 1 rings (SSSR count). The van der Waals surface area contributed by atoms with E-state index in [9.17, 15) is 0 Å². The van der Waals surface area contributed by atoms with Gasteiger partial charge in [0.25, 0.3) is 0 Å². The van der Waals surface area contributed by atoms with Crippen LogP contribution in [0.1, 0.15) is 11.3 Å². The van der Waals surface area contributed by atoms with Crippen LogP contribution in [0.3, 0.4) is 0 Å². The molecular formula is C10H16ClNOS.